The lowest BCUT2D eigenvalue weighted by atomic mass is 10.1. The molecular formula is C14H19N3O3. The predicted molar refractivity (Wildman–Crippen MR) is 75.2 cm³/mol. The standard InChI is InChI=1S/C14H19N3O3/c1-5-6-8(2)20-12-10(14(18)19)7-15-13-11(12)9(3)16-17(13)4/h7-8H,5-6H2,1-4H3,(H,18,19). The fraction of sp³-hybridized carbons (Fsp3) is 0.500. The van der Waals surface area contributed by atoms with Crippen molar-refractivity contribution in [1.29, 1.82) is 0 Å². The van der Waals surface area contributed by atoms with E-state index < -0.39 is 5.97 Å². The molecule has 6 heteroatoms. The molecule has 0 saturated heterocycles. The molecule has 1 N–H and O–H groups in total. The second-order valence-corrected chi connectivity index (χ2v) is 4.93. The van der Waals surface area contributed by atoms with E-state index in [1.165, 1.54) is 6.20 Å². The first-order valence-electron chi connectivity index (χ1n) is 6.68. The molecule has 2 rings (SSSR count). The highest BCUT2D eigenvalue weighted by Crippen LogP contribution is 2.32. The molecule has 0 aliphatic carbocycles. The van der Waals surface area contributed by atoms with Crippen LogP contribution in [-0.4, -0.2) is 31.9 Å². The highest BCUT2D eigenvalue weighted by Gasteiger charge is 2.22. The molecule has 0 radical (unpaired) electrons. The van der Waals surface area contributed by atoms with E-state index in [0.717, 1.165) is 18.5 Å². The topological polar surface area (TPSA) is 77.2 Å². The quantitative estimate of drug-likeness (QED) is 0.908. The molecule has 0 aliphatic heterocycles. The molecule has 0 aliphatic rings. The summed E-state index contributed by atoms with van der Waals surface area (Å²) in [6, 6.07) is 0. The molecule has 2 aromatic rings. The first kappa shape index (κ1) is 14.3. The minimum Gasteiger partial charge on any atom is -0.489 e. The number of carbonyl (C=O) groups is 1. The van der Waals surface area contributed by atoms with E-state index in [-0.39, 0.29) is 11.7 Å². The monoisotopic (exact) mass is 277 g/mol. The first-order chi connectivity index (χ1) is 9.45. The summed E-state index contributed by atoms with van der Waals surface area (Å²) in [5, 5.41) is 14.3. The maximum Gasteiger partial charge on any atom is 0.341 e. The van der Waals surface area contributed by atoms with Crippen LogP contribution in [0.4, 0.5) is 0 Å². The van der Waals surface area contributed by atoms with Crippen LogP contribution < -0.4 is 4.74 Å². The molecule has 2 heterocycles. The second-order valence-electron chi connectivity index (χ2n) is 4.93. The third-order valence-corrected chi connectivity index (χ3v) is 3.22. The number of carboxylic acid groups (broad SMARTS) is 1. The van der Waals surface area contributed by atoms with Crippen molar-refractivity contribution in [2.24, 2.45) is 7.05 Å². The van der Waals surface area contributed by atoms with Crippen LogP contribution in [0.3, 0.4) is 0 Å². The van der Waals surface area contributed by atoms with E-state index in [2.05, 4.69) is 17.0 Å². The summed E-state index contributed by atoms with van der Waals surface area (Å²) in [7, 11) is 1.78. The zero-order valence-corrected chi connectivity index (χ0v) is 12.2. The summed E-state index contributed by atoms with van der Waals surface area (Å²) in [5.41, 5.74) is 1.43. The maximum absolute atomic E-state index is 11.4. The molecule has 1 unspecified atom stereocenters. The summed E-state index contributed by atoms with van der Waals surface area (Å²) in [6.45, 7) is 5.83. The maximum atomic E-state index is 11.4. The first-order valence-corrected chi connectivity index (χ1v) is 6.68. The van der Waals surface area contributed by atoms with Gasteiger partial charge in [0.25, 0.3) is 0 Å². The molecular weight excluding hydrogens is 258 g/mol. The van der Waals surface area contributed by atoms with Crippen molar-refractivity contribution in [3.8, 4) is 5.75 Å². The van der Waals surface area contributed by atoms with Gasteiger partial charge in [-0.1, -0.05) is 13.3 Å². The summed E-state index contributed by atoms with van der Waals surface area (Å²) < 4.78 is 7.51. The van der Waals surface area contributed by atoms with E-state index in [4.69, 9.17) is 4.74 Å². The smallest absolute Gasteiger partial charge is 0.341 e. The summed E-state index contributed by atoms with van der Waals surface area (Å²) in [5.74, 6) is -0.671. The Labute approximate surface area is 117 Å². The van der Waals surface area contributed by atoms with Crippen molar-refractivity contribution < 1.29 is 14.6 Å². The van der Waals surface area contributed by atoms with Gasteiger partial charge in [0.2, 0.25) is 0 Å². The summed E-state index contributed by atoms with van der Waals surface area (Å²) >= 11 is 0. The zero-order chi connectivity index (χ0) is 14.9. The molecule has 0 spiro atoms. The Morgan fingerprint density at radius 1 is 1.55 bits per heavy atom. The van der Waals surface area contributed by atoms with E-state index in [1.807, 2.05) is 13.8 Å². The van der Waals surface area contributed by atoms with Gasteiger partial charge in [0, 0.05) is 13.2 Å². The molecule has 0 bridgehead atoms. The lowest BCUT2D eigenvalue weighted by molar-refractivity contribution is 0.0689. The van der Waals surface area contributed by atoms with Crippen LogP contribution in [-0.2, 0) is 7.05 Å². The molecule has 2 aromatic heterocycles. The van der Waals surface area contributed by atoms with Crippen molar-refractivity contribution in [3.63, 3.8) is 0 Å². The number of rotatable bonds is 5. The fourth-order valence-corrected chi connectivity index (χ4v) is 2.32. The van der Waals surface area contributed by atoms with Gasteiger partial charge < -0.3 is 9.84 Å². The number of aromatic nitrogens is 3. The number of hydrogen-bond acceptors (Lipinski definition) is 4. The Bertz CT molecular complexity index is 649. The van der Waals surface area contributed by atoms with Crippen LogP contribution in [0.25, 0.3) is 11.0 Å². The molecule has 0 amide bonds. The van der Waals surface area contributed by atoms with Crippen LogP contribution in [0.5, 0.6) is 5.75 Å². The molecule has 1 atom stereocenters. The Hall–Kier alpha value is -2.11. The van der Waals surface area contributed by atoms with Gasteiger partial charge in [0.15, 0.2) is 5.65 Å². The number of nitrogens with zero attached hydrogens (tertiary/aromatic N) is 3. The average Bonchev–Trinajstić information content (AvgIpc) is 2.65. The average molecular weight is 277 g/mol. The Balaban J connectivity index is 2.62. The Kier molecular flexibility index (Phi) is 3.92. The van der Waals surface area contributed by atoms with Gasteiger partial charge in [-0.25, -0.2) is 9.78 Å². The van der Waals surface area contributed by atoms with Crippen LogP contribution >= 0.6 is 0 Å². The van der Waals surface area contributed by atoms with Crippen molar-refractivity contribution in [2.75, 3.05) is 0 Å². The van der Waals surface area contributed by atoms with Gasteiger partial charge in [-0.15, -0.1) is 0 Å². The lowest BCUT2D eigenvalue weighted by Crippen LogP contribution is -2.14. The largest absolute Gasteiger partial charge is 0.489 e. The van der Waals surface area contributed by atoms with Crippen molar-refractivity contribution in [1.82, 2.24) is 14.8 Å². The number of pyridine rings is 1. The van der Waals surface area contributed by atoms with Gasteiger partial charge in [0.05, 0.1) is 17.2 Å². The van der Waals surface area contributed by atoms with Crippen molar-refractivity contribution >= 4 is 17.0 Å². The second kappa shape index (κ2) is 5.48. The van der Waals surface area contributed by atoms with E-state index >= 15 is 0 Å². The SMILES string of the molecule is CCCC(C)Oc1c(C(=O)O)cnc2c1c(C)nn2C. The third kappa shape index (κ3) is 2.45. The zero-order valence-electron chi connectivity index (χ0n) is 12.2. The van der Waals surface area contributed by atoms with Crippen molar-refractivity contribution in [3.05, 3.63) is 17.5 Å². The number of aryl methyl sites for hydroxylation is 2. The van der Waals surface area contributed by atoms with Gasteiger partial charge in [-0.3, -0.25) is 4.68 Å². The fourth-order valence-electron chi connectivity index (χ4n) is 2.32. The van der Waals surface area contributed by atoms with Crippen LogP contribution in [0.2, 0.25) is 0 Å². The molecule has 0 saturated carbocycles. The molecule has 6 nitrogen and oxygen atoms in total. The Morgan fingerprint density at radius 2 is 2.25 bits per heavy atom. The van der Waals surface area contributed by atoms with Gasteiger partial charge in [-0.05, 0) is 20.3 Å². The van der Waals surface area contributed by atoms with Gasteiger partial charge >= 0.3 is 5.97 Å². The highest BCUT2D eigenvalue weighted by molar-refractivity contribution is 5.98. The number of ether oxygens (including phenoxy) is 1. The third-order valence-electron chi connectivity index (χ3n) is 3.22. The van der Waals surface area contributed by atoms with E-state index in [0.29, 0.717) is 16.8 Å². The Morgan fingerprint density at radius 3 is 2.85 bits per heavy atom. The van der Waals surface area contributed by atoms with E-state index in [9.17, 15) is 9.90 Å². The predicted octanol–water partition coefficient (Wildman–Crippen LogP) is 2.54. The van der Waals surface area contributed by atoms with Crippen LogP contribution in [0.15, 0.2) is 6.20 Å². The van der Waals surface area contributed by atoms with Crippen molar-refractivity contribution in [2.45, 2.75) is 39.7 Å². The number of carboxylic acids is 1. The minimum absolute atomic E-state index is 0.0525. The molecule has 0 fully saturated rings. The molecule has 108 valence electrons. The van der Waals surface area contributed by atoms with Gasteiger partial charge in [-0.2, -0.15) is 5.10 Å². The minimum atomic E-state index is -1.04. The normalized spacial score (nSPS) is 12.6. The summed E-state index contributed by atoms with van der Waals surface area (Å²) in [6.07, 6.45) is 3.12. The molecule has 20 heavy (non-hydrogen) atoms. The van der Waals surface area contributed by atoms with Crippen LogP contribution in [0, 0.1) is 6.92 Å². The number of fused-ring (bicyclic) bond motifs is 1. The van der Waals surface area contributed by atoms with E-state index in [1.54, 1.807) is 11.7 Å². The van der Waals surface area contributed by atoms with Gasteiger partial charge in [0.1, 0.15) is 11.3 Å². The highest BCUT2D eigenvalue weighted by atomic mass is 16.5. The lowest BCUT2D eigenvalue weighted by Gasteiger charge is -2.16. The number of aromatic carboxylic acids is 1. The number of hydrogen-bond donors (Lipinski definition) is 1. The van der Waals surface area contributed by atoms with Crippen LogP contribution in [0.1, 0.15) is 42.7 Å². The molecule has 0 aromatic carbocycles. The summed E-state index contributed by atoms with van der Waals surface area (Å²) in [4.78, 5) is 15.6.